The normalized spacial score (nSPS) is 14.8. The highest BCUT2D eigenvalue weighted by molar-refractivity contribution is 7.10. The zero-order valence-corrected chi connectivity index (χ0v) is 11.1. The van der Waals surface area contributed by atoms with E-state index in [1.165, 1.54) is 6.08 Å². The monoisotopic (exact) mass is 253 g/mol. The smallest absolute Gasteiger partial charge is 0.244 e. The van der Waals surface area contributed by atoms with Crippen molar-refractivity contribution in [2.75, 3.05) is 6.61 Å². The van der Waals surface area contributed by atoms with Crippen LogP contribution in [-0.2, 0) is 4.79 Å². The molecule has 0 saturated heterocycles. The first kappa shape index (κ1) is 13.9. The quantitative estimate of drug-likeness (QED) is 0.765. The Labute approximate surface area is 106 Å². The van der Waals surface area contributed by atoms with E-state index < -0.39 is 5.54 Å². The van der Waals surface area contributed by atoms with Crippen molar-refractivity contribution < 1.29 is 9.90 Å². The molecule has 0 aliphatic rings. The van der Waals surface area contributed by atoms with Crippen LogP contribution in [0.15, 0.2) is 23.6 Å². The summed E-state index contributed by atoms with van der Waals surface area (Å²) >= 11 is 1.58. The minimum atomic E-state index is -0.522. The Morgan fingerprint density at radius 3 is 2.94 bits per heavy atom. The molecule has 1 atom stereocenters. The lowest BCUT2D eigenvalue weighted by atomic mass is 9.97. The van der Waals surface area contributed by atoms with Crippen molar-refractivity contribution in [3.63, 3.8) is 0 Å². The van der Waals surface area contributed by atoms with Crippen LogP contribution in [0.3, 0.4) is 0 Å². The molecule has 17 heavy (non-hydrogen) atoms. The lowest BCUT2D eigenvalue weighted by Gasteiger charge is -2.27. The third-order valence-corrected chi connectivity index (χ3v) is 3.36. The summed E-state index contributed by atoms with van der Waals surface area (Å²) in [6.07, 6.45) is 4.98. The van der Waals surface area contributed by atoms with Crippen molar-refractivity contribution >= 4 is 23.3 Å². The Kier molecular flexibility index (Phi) is 5.38. The molecule has 1 aromatic rings. The molecule has 1 rings (SSSR count). The number of thiophene rings is 1. The fraction of sp³-hybridized carbons (Fsp3) is 0.462. The Balaban J connectivity index is 2.53. The van der Waals surface area contributed by atoms with Crippen LogP contribution in [0.5, 0.6) is 0 Å². The Bertz CT molecular complexity index is 373. The molecule has 0 aromatic carbocycles. The van der Waals surface area contributed by atoms with Crippen molar-refractivity contribution in [2.45, 2.75) is 32.2 Å². The molecule has 1 heterocycles. The molecule has 0 bridgehead atoms. The highest BCUT2D eigenvalue weighted by Gasteiger charge is 2.23. The van der Waals surface area contributed by atoms with Gasteiger partial charge in [0.1, 0.15) is 0 Å². The number of rotatable bonds is 6. The lowest BCUT2D eigenvalue weighted by Crippen LogP contribution is -2.48. The molecule has 94 valence electrons. The van der Waals surface area contributed by atoms with Crippen LogP contribution >= 0.6 is 11.3 Å². The van der Waals surface area contributed by atoms with Gasteiger partial charge in [0.05, 0.1) is 12.1 Å². The van der Waals surface area contributed by atoms with Crippen LogP contribution < -0.4 is 5.32 Å². The molecule has 0 fully saturated rings. The number of carbonyl (C=O) groups is 1. The number of hydrogen-bond acceptors (Lipinski definition) is 3. The molecular weight excluding hydrogens is 234 g/mol. The third-order valence-electron chi connectivity index (χ3n) is 2.52. The van der Waals surface area contributed by atoms with Crippen molar-refractivity contribution in [1.82, 2.24) is 5.32 Å². The fourth-order valence-corrected chi connectivity index (χ4v) is 2.23. The number of hydrogen-bond donors (Lipinski definition) is 2. The highest BCUT2D eigenvalue weighted by Crippen LogP contribution is 2.12. The van der Waals surface area contributed by atoms with Gasteiger partial charge in [0, 0.05) is 11.0 Å². The maximum Gasteiger partial charge on any atom is 0.244 e. The molecule has 0 saturated carbocycles. The summed E-state index contributed by atoms with van der Waals surface area (Å²) in [6, 6.07) is 3.89. The van der Waals surface area contributed by atoms with Gasteiger partial charge in [-0.1, -0.05) is 19.4 Å². The van der Waals surface area contributed by atoms with Crippen molar-refractivity contribution in [1.29, 1.82) is 0 Å². The Morgan fingerprint density at radius 1 is 1.65 bits per heavy atom. The lowest BCUT2D eigenvalue weighted by molar-refractivity contribution is -0.118. The predicted molar refractivity (Wildman–Crippen MR) is 71.9 cm³/mol. The van der Waals surface area contributed by atoms with Gasteiger partial charge in [0.2, 0.25) is 5.91 Å². The molecule has 0 spiro atoms. The van der Waals surface area contributed by atoms with Crippen LogP contribution in [0.2, 0.25) is 0 Å². The highest BCUT2D eigenvalue weighted by atomic mass is 32.1. The summed E-state index contributed by atoms with van der Waals surface area (Å²) in [7, 11) is 0. The molecule has 1 unspecified atom stereocenters. The van der Waals surface area contributed by atoms with E-state index >= 15 is 0 Å². The van der Waals surface area contributed by atoms with Crippen molar-refractivity contribution in [2.24, 2.45) is 0 Å². The average Bonchev–Trinajstić information content (AvgIpc) is 2.79. The van der Waals surface area contributed by atoms with Crippen LogP contribution in [0.25, 0.3) is 6.08 Å². The second-order valence-electron chi connectivity index (χ2n) is 4.31. The van der Waals surface area contributed by atoms with Gasteiger partial charge in [-0.3, -0.25) is 4.79 Å². The van der Waals surface area contributed by atoms with Crippen LogP contribution in [0.1, 0.15) is 31.6 Å². The molecule has 1 aromatic heterocycles. The van der Waals surface area contributed by atoms with E-state index in [2.05, 4.69) is 5.32 Å². The largest absolute Gasteiger partial charge is 0.394 e. The molecule has 3 nitrogen and oxygen atoms in total. The topological polar surface area (TPSA) is 49.3 Å². The second kappa shape index (κ2) is 6.57. The predicted octanol–water partition coefficient (Wildman–Crippen LogP) is 2.43. The van der Waals surface area contributed by atoms with E-state index in [1.807, 2.05) is 31.4 Å². The summed E-state index contributed by atoms with van der Waals surface area (Å²) in [5.74, 6) is -0.164. The van der Waals surface area contributed by atoms with Gasteiger partial charge in [-0.05, 0) is 30.9 Å². The van der Waals surface area contributed by atoms with E-state index in [0.717, 1.165) is 17.7 Å². The first-order valence-electron chi connectivity index (χ1n) is 5.74. The minimum Gasteiger partial charge on any atom is -0.394 e. The van der Waals surface area contributed by atoms with Gasteiger partial charge >= 0.3 is 0 Å². The van der Waals surface area contributed by atoms with E-state index in [1.54, 1.807) is 17.4 Å². The van der Waals surface area contributed by atoms with Crippen LogP contribution in [0.4, 0.5) is 0 Å². The van der Waals surface area contributed by atoms with E-state index in [0.29, 0.717) is 0 Å². The zero-order chi connectivity index (χ0) is 12.7. The maximum absolute atomic E-state index is 11.7. The number of aliphatic hydroxyl groups is 1. The number of carbonyl (C=O) groups excluding carboxylic acids is 1. The summed E-state index contributed by atoms with van der Waals surface area (Å²) in [4.78, 5) is 12.7. The van der Waals surface area contributed by atoms with Crippen LogP contribution in [-0.4, -0.2) is 23.2 Å². The maximum atomic E-state index is 11.7. The minimum absolute atomic E-state index is 0.0422. The second-order valence-corrected chi connectivity index (χ2v) is 5.29. The summed E-state index contributed by atoms with van der Waals surface area (Å²) in [6.45, 7) is 3.84. The molecule has 0 radical (unpaired) electrons. The van der Waals surface area contributed by atoms with E-state index in [4.69, 9.17) is 0 Å². The van der Waals surface area contributed by atoms with E-state index in [-0.39, 0.29) is 12.5 Å². The molecule has 1 amide bonds. The molecule has 0 aliphatic carbocycles. The summed E-state index contributed by atoms with van der Waals surface area (Å²) in [5, 5.41) is 14.1. The fourth-order valence-electron chi connectivity index (χ4n) is 1.62. The van der Waals surface area contributed by atoms with Gasteiger partial charge in [-0.2, -0.15) is 0 Å². The zero-order valence-electron chi connectivity index (χ0n) is 10.3. The van der Waals surface area contributed by atoms with Gasteiger partial charge in [0.15, 0.2) is 0 Å². The standard InChI is InChI=1S/C13H19NO2S/c1-3-8-13(2,10-15)14-12(16)7-6-11-5-4-9-17-11/h4-7,9,15H,3,8,10H2,1-2H3,(H,14,16). The molecule has 2 N–H and O–H groups in total. The average molecular weight is 253 g/mol. The SMILES string of the molecule is CCCC(C)(CO)NC(=O)C=Cc1cccs1. The number of amides is 1. The van der Waals surface area contributed by atoms with Gasteiger partial charge < -0.3 is 10.4 Å². The molecule has 4 heteroatoms. The third kappa shape index (κ3) is 4.71. The van der Waals surface area contributed by atoms with Gasteiger partial charge in [0.25, 0.3) is 0 Å². The van der Waals surface area contributed by atoms with Crippen LogP contribution in [0, 0.1) is 0 Å². The van der Waals surface area contributed by atoms with Crippen molar-refractivity contribution in [3.8, 4) is 0 Å². The van der Waals surface area contributed by atoms with Crippen molar-refractivity contribution in [3.05, 3.63) is 28.5 Å². The first-order valence-corrected chi connectivity index (χ1v) is 6.62. The Morgan fingerprint density at radius 2 is 2.41 bits per heavy atom. The van der Waals surface area contributed by atoms with Gasteiger partial charge in [-0.15, -0.1) is 11.3 Å². The summed E-state index contributed by atoms with van der Waals surface area (Å²) < 4.78 is 0. The molecular formula is C13H19NO2S. The number of nitrogens with one attached hydrogen (secondary N) is 1. The van der Waals surface area contributed by atoms with Gasteiger partial charge in [-0.25, -0.2) is 0 Å². The molecule has 0 aliphatic heterocycles. The van der Waals surface area contributed by atoms with E-state index in [9.17, 15) is 9.90 Å². The summed E-state index contributed by atoms with van der Waals surface area (Å²) in [5.41, 5.74) is -0.522. The first-order chi connectivity index (χ1) is 8.09. The Hall–Kier alpha value is -1.13. The number of aliphatic hydroxyl groups excluding tert-OH is 1.